The molecule has 3 rings (SSSR count). The quantitative estimate of drug-likeness (QED) is 0.625. The minimum atomic E-state index is -3.70. The number of ether oxygens (including phenoxy) is 3. The molecule has 1 amide bonds. The molecule has 0 spiro atoms. The lowest BCUT2D eigenvalue weighted by molar-refractivity contribution is 0.0936. The SMILES string of the molecule is COc1ccc([C@H](C)NC(=O)c2cc(S(=O)(=O)N3CCC(C)CC3)ccc2OC)cc1OC. The maximum Gasteiger partial charge on any atom is 0.255 e. The molecule has 9 heteroatoms. The molecule has 1 fully saturated rings. The van der Waals surface area contributed by atoms with Crippen molar-refractivity contribution in [2.24, 2.45) is 5.92 Å². The molecule has 33 heavy (non-hydrogen) atoms. The third-order valence-corrected chi connectivity index (χ3v) is 7.95. The Bertz CT molecular complexity index is 1090. The molecule has 180 valence electrons. The van der Waals surface area contributed by atoms with Gasteiger partial charge >= 0.3 is 0 Å². The fourth-order valence-electron chi connectivity index (χ4n) is 3.88. The molecule has 0 saturated carbocycles. The fraction of sp³-hybridized carbons (Fsp3) is 0.458. The number of nitrogens with zero attached hydrogens (tertiary/aromatic N) is 1. The van der Waals surface area contributed by atoms with E-state index in [0.717, 1.165) is 18.4 Å². The van der Waals surface area contributed by atoms with E-state index in [1.54, 1.807) is 26.4 Å². The van der Waals surface area contributed by atoms with Crippen LogP contribution in [0.15, 0.2) is 41.3 Å². The molecule has 0 radical (unpaired) electrons. The second kappa shape index (κ2) is 10.4. The minimum absolute atomic E-state index is 0.0850. The summed E-state index contributed by atoms with van der Waals surface area (Å²) in [6.45, 7) is 4.92. The zero-order valence-corrected chi connectivity index (χ0v) is 20.6. The molecule has 1 atom stereocenters. The average molecular weight is 477 g/mol. The van der Waals surface area contributed by atoms with E-state index in [9.17, 15) is 13.2 Å². The highest BCUT2D eigenvalue weighted by Gasteiger charge is 2.29. The van der Waals surface area contributed by atoms with E-state index in [1.165, 1.54) is 29.6 Å². The molecule has 0 aliphatic carbocycles. The van der Waals surface area contributed by atoms with Gasteiger partial charge in [0, 0.05) is 13.1 Å². The number of sulfonamides is 1. The molecule has 8 nitrogen and oxygen atoms in total. The lowest BCUT2D eigenvalue weighted by atomic mass is 10.0. The molecule has 0 unspecified atom stereocenters. The largest absolute Gasteiger partial charge is 0.496 e. The van der Waals surface area contributed by atoms with Crippen LogP contribution < -0.4 is 19.5 Å². The van der Waals surface area contributed by atoms with Crippen LogP contribution in [0.2, 0.25) is 0 Å². The second-order valence-electron chi connectivity index (χ2n) is 8.26. The zero-order chi connectivity index (χ0) is 24.2. The molecule has 1 aliphatic heterocycles. The Labute approximate surface area is 195 Å². The van der Waals surface area contributed by atoms with Gasteiger partial charge in [-0.2, -0.15) is 4.31 Å². The summed E-state index contributed by atoms with van der Waals surface area (Å²) in [5.74, 6) is 1.52. The normalized spacial score (nSPS) is 16.2. The highest BCUT2D eigenvalue weighted by Crippen LogP contribution is 2.31. The van der Waals surface area contributed by atoms with E-state index in [-0.39, 0.29) is 16.5 Å². The van der Waals surface area contributed by atoms with Crippen molar-refractivity contribution in [2.45, 2.75) is 37.6 Å². The Hall–Kier alpha value is -2.78. The lowest BCUT2D eigenvalue weighted by Crippen LogP contribution is -2.38. The number of benzene rings is 2. The summed E-state index contributed by atoms with van der Waals surface area (Å²) >= 11 is 0. The first kappa shape index (κ1) is 24.9. The molecule has 1 heterocycles. The Morgan fingerprint density at radius 3 is 2.18 bits per heavy atom. The highest BCUT2D eigenvalue weighted by atomic mass is 32.2. The summed E-state index contributed by atoms with van der Waals surface area (Å²) in [7, 11) is 0.854. The van der Waals surface area contributed by atoms with E-state index in [0.29, 0.717) is 36.3 Å². The molecule has 1 aliphatic rings. The minimum Gasteiger partial charge on any atom is -0.496 e. The van der Waals surface area contributed by atoms with Gasteiger partial charge in [0.05, 0.1) is 37.8 Å². The number of rotatable bonds is 8. The van der Waals surface area contributed by atoms with Crippen molar-refractivity contribution in [1.82, 2.24) is 9.62 Å². The summed E-state index contributed by atoms with van der Waals surface area (Å²) in [6.07, 6.45) is 1.65. The van der Waals surface area contributed by atoms with Gasteiger partial charge in [-0.25, -0.2) is 8.42 Å². The van der Waals surface area contributed by atoms with Crippen LogP contribution >= 0.6 is 0 Å². The van der Waals surface area contributed by atoms with Crippen LogP contribution in [-0.2, 0) is 10.0 Å². The van der Waals surface area contributed by atoms with Crippen molar-refractivity contribution >= 4 is 15.9 Å². The van der Waals surface area contributed by atoms with Gasteiger partial charge in [-0.1, -0.05) is 13.0 Å². The monoisotopic (exact) mass is 476 g/mol. The maximum absolute atomic E-state index is 13.2. The van der Waals surface area contributed by atoms with Gasteiger partial charge in [0.15, 0.2) is 11.5 Å². The van der Waals surface area contributed by atoms with E-state index in [4.69, 9.17) is 14.2 Å². The standard InChI is InChI=1S/C24H32N2O6S/c1-16-10-12-26(13-11-16)33(28,29)19-7-9-21(30-3)20(15-19)24(27)25-17(2)18-6-8-22(31-4)23(14-18)32-5/h6-9,14-17H,10-13H2,1-5H3,(H,25,27)/t17-/m0/s1. The zero-order valence-electron chi connectivity index (χ0n) is 19.8. The first-order chi connectivity index (χ1) is 15.7. The topological polar surface area (TPSA) is 94.2 Å². The second-order valence-corrected chi connectivity index (χ2v) is 10.2. The predicted molar refractivity (Wildman–Crippen MR) is 126 cm³/mol. The molecule has 0 bridgehead atoms. The van der Waals surface area contributed by atoms with Crippen LogP contribution in [0.5, 0.6) is 17.2 Å². The van der Waals surface area contributed by atoms with Crippen molar-refractivity contribution in [2.75, 3.05) is 34.4 Å². The molecule has 2 aromatic rings. The molecular formula is C24H32N2O6S. The summed E-state index contributed by atoms with van der Waals surface area (Å²) in [4.78, 5) is 13.2. The van der Waals surface area contributed by atoms with E-state index in [1.807, 2.05) is 13.0 Å². The first-order valence-corrected chi connectivity index (χ1v) is 12.4. The van der Waals surface area contributed by atoms with Gasteiger partial charge in [0.25, 0.3) is 5.91 Å². The maximum atomic E-state index is 13.2. The van der Waals surface area contributed by atoms with Crippen molar-refractivity contribution in [3.05, 3.63) is 47.5 Å². The average Bonchev–Trinajstić information content (AvgIpc) is 2.83. The Balaban J connectivity index is 1.85. The van der Waals surface area contributed by atoms with Crippen LogP contribution in [0.4, 0.5) is 0 Å². The number of carbonyl (C=O) groups is 1. The van der Waals surface area contributed by atoms with Crippen LogP contribution in [0.3, 0.4) is 0 Å². The number of piperidine rings is 1. The smallest absolute Gasteiger partial charge is 0.255 e. The van der Waals surface area contributed by atoms with Crippen LogP contribution in [-0.4, -0.2) is 53.0 Å². The molecule has 2 aromatic carbocycles. The van der Waals surface area contributed by atoms with E-state index in [2.05, 4.69) is 12.2 Å². The fourth-order valence-corrected chi connectivity index (χ4v) is 5.38. The van der Waals surface area contributed by atoms with Gasteiger partial charge in [-0.15, -0.1) is 0 Å². The van der Waals surface area contributed by atoms with Gasteiger partial charge in [0.1, 0.15) is 5.75 Å². The highest BCUT2D eigenvalue weighted by molar-refractivity contribution is 7.89. The number of methoxy groups -OCH3 is 3. The van der Waals surface area contributed by atoms with Crippen molar-refractivity contribution in [1.29, 1.82) is 0 Å². The number of hydrogen-bond donors (Lipinski definition) is 1. The van der Waals surface area contributed by atoms with E-state index < -0.39 is 15.9 Å². The van der Waals surface area contributed by atoms with Gasteiger partial charge in [0.2, 0.25) is 10.0 Å². The molecule has 1 saturated heterocycles. The summed E-state index contributed by atoms with van der Waals surface area (Å²) < 4.78 is 43.8. The molecule has 1 N–H and O–H groups in total. The number of nitrogens with one attached hydrogen (secondary N) is 1. The predicted octanol–water partition coefficient (Wildman–Crippen LogP) is 3.62. The van der Waals surface area contributed by atoms with Gasteiger partial charge in [-0.05, 0) is 61.6 Å². The van der Waals surface area contributed by atoms with Crippen LogP contribution in [0.25, 0.3) is 0 Å². The van der Waals surface area contributed by atoms with Crippen molar-refractivity contribution in [3.8, 4) is 17.2 Å². The van der Waals surface area contributed by atoms with Crippen LogP contribution in [0, 0.1) is 5.92 Å². The van der Waals surface area contributed by atoms with Gasteiger partial charge in [-0.3, -0.25) is 4.79 Å². The number of carbonyl (C=O) groups excluding carboxylic acids is 1. The summed E-state index contributed by atoms with van der Waals surface area (Å²) in [5.41, 5.74) is 0.974. The van der Waals surface area contributed by atoms with Crippen molar-refractivity contribution < 1.29 is 27.4 Å². The third-order valence-electron chi connectivity index (χ3n) is 6.05. The first-order valence-electron chi connectivity index (χ1n) is 10.9. The Morgan fingerprint density at radius 2 is 1.58 bits per heavy atom. The molecular weight excluding hydrogens is 444 g/mol. The van der Waals surface area contributed by atoms with Crippen LogP contribution in [0.1, 0.15) is 48.7 Å². The molecule has 0 aromatic heterocycles. The third kappa shape index (κ3) is 5.42. The van der Waals surface area contributed by atoms with Crippen molar-refractivity contribution in [3.63, 3.8) is 0 Å². The number of amides is 1. The van der Waals surface area contributed by atoms with E-state index >= 15 is 0 Å². The Kier molecular flexibility index (Phi) is 7.86. The van der Waals surface area contributed by atoms with Gasteiger partial charge < -0.3 is 19.5 Å². The Morgan fingerprint density at radius 1 is 0.970 bits per heavy atom. The summed E-state index contributed by atoms with van der Waals surface area (Å²) in [5, 5.41) is 2.92. The summed E-state index contributed by atoms with van der Waals surface area (Å²) in [6, 6.07) is 9.43. The number of hydrogen-bond acceptors (Lipinski definition) is 6. The lowest BCUT2D eigenvalue weighted by Gasteiger charge is -2.29.